The van der Waals surface area contributed by atoms with E-state index in [4.69, 9.17) is 9.47 Å². The predicted octanol–water partition coefficient (Wildman–Crippen LogP) is 4.89. The van der Waals surface area contributed by atoms with E-state index in [0.29, 0.717) is 19.4 Å². The Morgan fingerprint density at radius 2 is 1.63 bits per heavy atom. The molecule has 1 aliphatic rings. The van der Waals surface area contributed by atoms with Crippen molar-refractivity contribution >= 4 is 12.0 Å². The topological polar surface area (TPSA) is 112 Å². The van der Waals surface area contributed by atoms with Crippen LogP contribution in [0.25, 0.3) is 0 Å². The minimum Gasteiger partial charge on any atom is -0.492 e. The Bertz CT molecular complexity index is 1410. The fourth-order valence-electron chi connectivity index (χ4n) is 5.73. The van der Waals surface area contributed by atoms with Gasteiger partial charge in [-0.05, 0) is 82.1 Å². The van der Waals surface area contributed by atoms with E-state index in [1.165, 1.54) is 0 Å². The van der Waals surface area contributed by atoms with Gasteiger partial charge in [-0.25, -0.2) is 4.79 Å². The van der Waals surface area contributed by atoms with Crippen LogP contribution in [0.15, 0.2) is 78.9 Å². The van der Waals surface area contributed by atoms with Gasteiger partial charge in [0.05, 0.1) is 24.3 Å². The van der Waals surface area contributed by atoms with Crippen LogP contribution in [0.3, 0.4) is 0 Å². The number of aliphatic hydroxyl groups excluding tert-OH is 2. The maximum atomic E-state index is 14.0. The summed E-state index contributed by atoms with van der Waals surface area (Å²) in [5, 5.41) is 25.4. The summed E-state index contributed by atoms with van der Waals surface area (Å²) in [6, 6.07) is 23.9. The van der Waals surface area contributed by atoms with Crippen LogP contribution >= 0.6 is 0 Å². The van der Waals surface area contributed by atoms with Crippen molar-refractivity contribution in [1.29, 1.82) is 0 Å². The summed E-state index contributed by atoms with van der Waals surface area (Å²) in [5.41, 5.74) is 3.10. The van der Waals surface area contributed by atoms with Crippen molar-refractivity contribution in [2.75, 3.05) is 27.2 Å². The van der Waals surface area contributed by atoms with Crippen LogP contribution in [-0.2, 0) is 28.9 Å². The zero-order chi connectivity index (χ0) is 33.3. The summed E-state index contributed by atoms with van der Waals surface area (Å²) in [6.07, 6.45) is -1.41. The number of hydrogen-bond acceptors (Lipinski definition) is 7. The molecular formula is C37H49N3O6. The molecule has 4 rings (SSSR count). The van der Waals surface area contributed by atoms with Gasteiger partial charge in [0.25, 0.3) is 0 Å². The molecule has 3 aromatic rings. The van der Waals surface area contributed by atoms with E-state index in [2.05, 4.69) is 10.2 Å². The van der Waals surface area contributed by atoms with E-state index in [1.807, 2.05) is 93.0 Å². The number of alkyl carbamates (subject to hydrolysis) is 1. The Hall–Kier alpha value is -3.92. The molecule has 2 amide bonds. The fourth-order valence-corrected chi connectivity index (χ4v) is 5.73. The number of carbonyl (C=O) groups excluding carboxylic acids is 2. The second-order valence-corrected chi connectivity index (χ2v) is 13.3. The van der Waals surface area contributed by atoms with Gasteiger partial charge in [0.1, 0.15) is 18.0 Å². The van der Waals surface area contributed by atoms with Crippen molar-refractivity contribution < 1.29 is 29.3 Å². The van der Waals surface area contributed by atoms with Gasteiger partial charge in [0.15, 0.2) is 0 Å². The molecule has 0 aliphatic heterocycles. The molecule has 0 unspecified atom stereocenters. The third-order valence-corrected chi connectivity index (χ3v) is 8.03. The molecule has 3 N–H and O–H groups in total. The van der Waals surface area contributed by atoms with Gasteiger partial charge in [0.2, 0.25) is 5.91 Å². The lowest BCUT2D eigenvalue weighted by Crippen LogP contribution is -2.47. The highest BCUT2D eigenvalue weighted by atomic mass is 16.6. The molecule has 9 nitrogen and oxygen atoms in total. The molecule has 0 spiro atoms. The highest BCUT2D eigenvalue weighted by Crippen LogP contribution is 2.37. The van der Waals surface area contributed by atoms with Crippen molar-refractivity contribution in [2.45, 2.75) is 82.9 Å². The number of hydrogen-bond donors (Lipinski definition) is 3. The van der Waals surface area contributed by atoms with E-state index in [1.54, 1.807) is 25.7 Å². The largest absolute Gasteiger partial charge is 0.492 e. The number of ether oxygens (including phenoxy) is 2. The van der Waals surface area contributed by atoms with Crippen LogP contribution in [0.4, 0.5) is 4.79 Å². The van der Waals surface area contributed by atoms with Gasteiger partial charge in [-0.1, -0.05) is 66.7 Å². The first-order valence-electron chi connectivity index (χ1n) is 16.0. The third kappa shape index (κ3) is 10.3. The smallest absolute Gasteiger partial charge is 0.407 e. The molecule has 0 saturated carbocycles. The minimum absolute atomic E-state index is 0.0274. The van der Waals surface area contributed by atoms with E-state index in [-0.39, 0.29) is 25.3 Å². The second-order valence-electron chi connectivity index (χ2n) is 13.3. The van der Waals surface area contributed by atoms with Gasteiger partial charge in [0, 0.05) is 25.9 Å². The Kier molecular flexibility index (Phi) is 12.2. The number of carbonyl (C=O) groups is 2. The van der Waals surface area contributed by atoms with Crippen LogP contribution in [0, 0.1) is 0 Å². The number of rotatable bonds is 14. The quantitative estimate of drug-likeness (QED) is 0.232. The standard InChI is InChI=1S/C37H49N3O6/c1-37(2,3)46-36(44)38-31(23-26-11-7-6-8-12-26)32(41)19-20-34(43)40(35-30-14-10-9-13-28(30)24-33(35)42)25-27-15-17-29(18-16-27)45-22-21-39(4)5/h6-18,31-33,35,41-42H,19-25H2,1-5H3,(H,38,44)/t31-,32-,33+,35-/m0/s1. The highest BCUT2D eigenvalue weighted by Gasteiger charge is 2.38. The maximum Gasteiger partial charge on any atom is 0.407 e. The normalized spacial score (nSPS) is 17.2. The summed E-state index contributed by atoms with van der Waals surface area (Å²) in [6.45, 7) is 7.00. The summed E-state index contributed by atoms with van der Waals surface area (Å²) in [5.74, 6) is 0.557. The Labute approximate surface area is 273 Å². The number of nitrogens with one attached hydrogen (secondary N) is 1. The third-order valence-electron chi connectivity index (χ3n) is 8.03. The van der Waals surface area contributed by atoms with Gasteiger partial charge in [-0.2, -0.15) is 0 Å². The van der Waals surface area contributed by atoms with E-state index in [0.717, 1.165) is 34.5 Å². The molecule has 3 aromatic carbocycles. The van der Waals surface area contributed by atoms with Crippen molar-refractivity contribution in [1.82, 2.24) is 15.1 Å². The lowest BCUT2D eigenvalue weighted by Gasteiger charge is -2.33. The molecular weight excluding hydrogens is 582 g/mol. The Morgan fingerprint density at radius 1 is 0.957 bits per heavy atom. The number of nitrogens with zero attached hydrogens (tertiary/aromatic N) is 2. The molecule has 46 heavy (non-hydrogen) atoms. The van der Waals surface area contributed by atoms with E-state index < -0.39 is 36.0 Å². The first kappa shape index (κ1) is 34.9. The average molecular weight is 632 g/mol. The fraction of sp³-hybridized carbons (Fsp3) is 0.459. The average Bonchev–Trinajstić information content (AvgIpc) is 3.33. The molecule has 0 aromatic heterocycles. The number of aliphatic hydroxyl groups is 2. The zero-order valence-electron chi connectivity index (χ0n) is 27.7. The molecule has 9 heteroatoms. The number of benzene rings is 3. The predicted molar refractivity (Wildman–Crippen MR) is 178 cm³/mol. The molecule has 0 fully saturated rings. The molecule has 248 valence electrons. The van der Waals surface area contributed by atoms with Crippen LogP contribution in [0.2, 0.25) is 0 Å². The molecule has 0 heterocycles. The summed E-state index contributed by atoms with van der Waals surface area (Å²) in [4.78, 5) is 30.5. The lowest BCUT2D eigenvalue weighted by atomic mass is 9.97. The first-order valence-corrected chi connectivity index (χ1v) is 16.0. The van der Waals surface area contributed by atoms with Crippen LogP contribution in [-0.4, -0.2) is 83.1 Å². The van der Waals surface area contributed by atoms with Gasteiger partial charge in [-0.15, -0.1) is 0 Å². The first-order chi connectivity index (χ1) is 21.9. The number of amides is 2. The summed E-state index contributed by atoms with van der Waals surface area (Å²) >= 11 is 0. The second kappa shape index (κ2) is 16.1. The number of likely N-dealkylation sites (N-methyl/N-ethyl adjacent to an activating group) is 1. The van der Waals surface area contributed by atoms with Gasteiger partial charge < -0.3 is 34.8 Å². The Balaban J connectivity index is 1.50. The zero-order valence-corrected chi connectivity index (χ0v) is 27.7. The van der Waals surface area contributed by atoms with Crippen molar-refractivity contribution in [3.8, 4) is 5.75 Å². The van der Waals surface area contributed by atoms with Crippen LogP contribution in [0.5, 0.6) is 5.75 Å². The van der Waals surface area contributed by atoms with Crippen molar-refractivity contribution in [2.24, 2.45) is 0 Å². The number of fused-ring (bicyclic) bond motifs is 1. The minimum atomic E-state index is -1.02. The molecule has 0 bridgehead atoms. The summed E-state index contributed by atoms with van der Waals surface area (Å²) < 4.78 is 11.3. The summed E-state index contributed by atoms with van der Waals surface area (Å²) in [7, 11) is 3.99. The van der Waals surface area contributed by atoms with Crippen LogP contribution in [0.1, 0.15) is 61.9 Å². The molecule has 0 saturated heterocycles. The maximum absolute atomic E-state index is 14.0. The highest BCUT2D eigenvalue weighted by molar-refractivity contribution is 5.77. The van der Waals surface area contributed by atoms with E-state index >= 15 is 0 Å². The monoisotopic (exact) mass is 631 g/mol. The lowest BCUT2D eigenvalue weighted by molar-refractivity contribution is -0.137. The van der Waals surface area contributed by atoms with Crippen molar-refractivity contribution in [3.63, 3.8) is 0 Å². The molecule has 0 radical (unpaired) electrons. The van der Waals surface area contributed by atoms with Crippen LogP contribution < -0.4 is 10.1 Å². The molecule has 4 atom stereocenters. The van der Waals surface area contributed by atoms with E-state index in [9.17, 15) is 19.8 Å². The van der Waals surface area contributed by atoms with Gasteiger partial charge >= 0.3 is 6.09 Å². The Morgan fingerprint density at radius 3 is 2.30 bits per heavy atom. The SMILES string of the molecule is CN(C)CCOc1ccc(CN(C(=O)CC[C@H](O)[C@H](Cc2ccccc2)NC(=O)OC(C)(C)C)[C@H]2c3ccccc3C[C@H]2O)cc1. The van der Waals surface area contributed by atoms with Gasteiger partial charge in [-0.3, -0.25) is 4.79 Å². The van der Waals surface area contributed by atoms with Crippen molar-refractivity contribution in [3.05, 3.63) is 101 Å². The molecule has 1 aliphatic carbocycles.